The van der Waals surface area contributed by atoms with Crippen LogP contribution in [0.15, 0.2) is 0 Å². The van der Waals surface area contributed by atoms with Gasteiger partial charge in [-0.05, 0) is 32.1 Å². The van der Waals surface area contributed by atoms with Crippen molar-refractivity contribution < 1.29 is 0 Å². The van der Waals surface area contributed by atoms with E-state index in [9.17, 15) is 0 Å². The van der Waals surface area contributed by atoms with E-state index in [1.165, 1.54) is 40.6 Å². The largest absolute Gasteiger partial charge is 0.312 e. The van der Waals surface area contributed by atoms with Gasteiger partial charge in [-0.1, -0.05) is 20.3 Å². The smallest absolute Gasteiger partial charge is 0.103 e. The van der Waals surface area contributed by atoms with Gasteiger partial charge in [0, 0.05) is 17.2 Å². The van der Waals surface area contributed by atoms with Crippen molar-refractivity contribution in [2.75, 3.05) is 12.3 Å². The summed E-state index contributed by atoms with van der Waals surface area (Å²) >= 11 is 3.86. The third-order valence-corrected chi connectivity index (χ3v) is 5.02. The van der Waals surface area contributed by atoms with Crippen LogP contribution in [-0.2, 0) is 12.3 Å². The third kappa shape index (κ3) is 5.89. The van der Waals surface area contributed by atoms with Crippen LogP contribution in [0.4, 0.5) is 0 Å². The Hall–Kier alpha value is -0.0600. The number of thiazole rings is 1. The van der Waals surface area contributed by atoms with Crippen molar-refractivity contribution in [3.63, 3.8) is 0 Å². The molecule has 0 bridgehead atoms. The molecular formula is C13H24N2S2. The van der Waals surface area contributed by atoms with E-state index in [-0.39, 0.29) is 0 Å². The van der Waals surface area contributed by atoms with Crippen LogP contribution >= 0.6 is 23.1 Å². The molecule has 0 aliphatic heterocycles. The first kappa shape index (κ1) is 15.0. The minimum atomic E-state index is 0.988. The Morgan fingerprint density at radius 1 is 1.29 bits per heavy atom. The predicted octanol–water partition coefficient (Wildman–Crippen LogP) is 3.98. The molecule has 98 valence electrons. The lowest BCUT2D eigenvalue weighted by atomic mass is 10.3. The summed E-state index contributed by atoms with van der Waals surface area (Å²) < 4.78 is 0. The molecule has 0 unspecified atom stereocenters. The molecule has 0 atom stereocenters. The molecule has 0 aromatic carbocycles. The van der Waals surface area contributed by atoms with E-state index < -0.39 is 0 Å². The van der Waals surface area contributed by atoms with E-state index in [2.05, 4.69) is 31.1 Å². The van der Waals surface area contributed by atoms with Crippen LogP contribution < -0.4 is 5.32 Å². The summed E-state index contributed by atoms with van der Waals surface area (Å²) in [6.07, 6.45) is 3.77. The zero-order valence-electron chi connectivity index (χ0n) is 11.2. The Labute approximate surface area is 114 Å². The highest BCUT2D eigenvalue weighted by molar-refractivity contribution is 7.98. The zero-order valence-corrected chi connectivity index (χ0v) is 12.8. The molecule has 1 aromatic heterocycles. The van der Waals surface area contributed by atoms with Gasteiger partial charge in [0.1, 0.15) is 5.01 Å². The van der Waals surface area contributed by atoms with Crippen LogP contribution in [-0.4, -0.2) is 17.3 Å². The molecule has 1 N–H and O–H groups in total. The van der Waals surface area contributed by atoms with Crippen molar-refractivity contribution >= 4 is 23.1 Å². The van der Waals surface area contributed by atoms with E-state index in [1.807, 2.05) is 23.1 Å². The van der Waals surface area contributed by atoms with Crippen molar-refractivity contribution in [3.8, 4) is 0 Å². The van der Waals surface area contributed by atoms with E-state index in [0.717, 1.165) is 18.8 Å². The number of nitrogens with one attached hydrogen (secondary N) is 1. The number of hydrogen-bond acceptors (Lipinski definition) is 4. The molecule has 1 aromatic rings. The highest BCUT2D eigenvalue weighted by Crippen LogP contribution is 2.22. The second-order valence-electron chi connectivity index (χ2n) is 4.20. The van der Waals surface area contributed by atoms with Gasteiger partial charge in [0.05, 0.1) is 5.69 Å². The van der Waals surface area contributed by atoms with Gasteiger partial charge in [0.25, 0.3) is 0 Å². The fourth-order valence-corrected chi connectivity index (χ4v) is 3.51. The topological polar surface area (TPSA) is 24.9 Å². The molecule has 0 radical (unpaired) electrons. The van der Waals surface area contributed by atoms with E-state index in [0.29, 0.717) is 0 Å². The van der Waals surface area contributed by atoms with Crippen LogP contribution in [0.3, 0.4) is 0 Å². The fraction of sp³-hybridized carbons (Fsp3) is 0.769. The molecule has 0 spiro atoms. The van der Waals surface area contributed by atoms with Crippen LogP contribution in [0.1, 0.15) is 48.7 Å². The second-order valence-corrected chi connectivity index (χ2v) is 6.47. The van der Waals surface area contributed by atoms with Gasteiger partial charge in [-0.25, -0.2) is 4.98 Å². The van der Waals surface area contributed by atoms with Crippen molar-refractivity contribution in [1.29, 1.82) is 0 Å². The van der Waals surface area contributed by atoms with Gasteiger partial charge in [-0.2, -0.15) is 11.8 Å². The van der Waals surface area contributed by atoms with Crippen LogP contribution in [0.2, 0.25) is 0 Å². The lowest BCUT2D eigenvalue weighted by Gasteiger charge is -2.01. The van der Waals surface area contributed by atoms with Crippen molar-refractivity contribution in [1.82, 2.24) is 10.3 Å². The maximum absolute atomic E-state index is 4.64. The Bertz CT molecular complexity index is 310. The van der Waals surface area contributed by atoms with Gasteiger partial charge in [-0.15, -0.1) is 11.3 Å². The van der Waals surface area contributed by atoms with E-state index in [4.69, 9.17) is 0 Å². The molecule has 0 aliphatic rings. The Balaban J connectivity index is 2.33. The lowest BCUT2D eigenvalue weighted by Crippen LogP contribution is -2.14. The van der Waals surface area contributed by atoms with Crippen LogP contribution in [0, 0.1) is 6.92 Å². The second kappa shape index (κ2) is 8.95. The number of hydrogen-bond donors (Lipinski definition) is 1. The number of aryl methyl sites for hydroxylation is 1. The molecule has 0 aliphatic carbocycles. The maximum Gasteiger partial charge on any atom is 0.103 e. The van der Waals surface area contributed by atoms with Crippen molar-refractivity contribution in [2.24, 2.45) is 0 Å². The summed E-state index contributed by atoms with van der Waals surface area (Å²) in [5.74, 6) is 2.32. The van der Waals surface area contributed by atoms with Crippen molar-refractivity contribution in [2.45, 2.75) is 52.3 Å². The maximum atomic E-state index is 4.64. The summed E-state index contributed by atoms with van der Waals surface area (Å²) in [5.41, 5.74) is 1.21. The van der Waals surface area contributed by atoms with Gasteiger partial charge < -0.3 is 5.32 Å². The van der Waals surface area contributed by atoms with E-state index in [1.54, 1.807) is 0 Å². The minimum Gasteiger partial charge on any atom is -0.312 e. The number of aromatic nitrogens is 1. The average Bonchev–Trinajstić information content (AvgIpc) is 2.66. The SMILES string of the molecule is CCCCNCc1sc(CSCCC)nc1C. The van der Waals surface area contributed by atoms with Gasteiger partial charge in [-0.3, -0.25) is 0 Å². The number of unbranched alkanes of at least 4 members (excludes halogenated alkanes) is 1. The monoisotopic (exact) mass is 272 g/mol. The lowest BCUT2D eigenvalue weighted by molar-refractivity contribution is 0.644. The van der Waals surface area contributed by atoms with Crippen molar-refractivity contribution in [3.05, 3.63) is 15.6 Å². The highest BCUT2D eigenvalue weighted by atomic mass is 32.2. The number of thioether (sulfide) groups is 1. The summed E-state index contributed by atoms with van der Waals surface area (Å²) in [5, 5.41) is 4.77. The van der Waals surface area contributed by atoms with Gasteiger partial charge in [0.2, 0.25) is 0 Å². The third-order valence-electron chi connectivity index (χ3n) is 2.50. The summed E-state index contributed by atoms with van der Waals surface area (Å²) in [4.78, 5) is 6.05. The fourth-order valence-electron chi connectivity index (χ4n) is 1.52. The van der Waals surface area contributed by atoms with Gasteiger partial charge >= 0.3 is 0 Å². The standard InChI is InChI=1S/C13H24N2S2/c1-4-6-7-14-9-12-11(3)15-13(17-12)10-16-8-5-2/h14H,4-10H2,1-3H3. The highest BCUT2D eigenvalue weighted by Gasteiger charge is 2.06. The molecule has 4 heteroatoms. The Kier molecular flexibility index (Phi) is 7.90. The molecule has 1 rings (SSSR count). The Morgan fingerprint density at radius 3 is 2.82 bits per heavy atom. The molecule has 2 nitrogen and oxygen atoms in total. The average molecular weight is 272 g/mol. The molecular weight excluding hydrogens is 248 g/mol. The summed E-state index contributed by atoms with van der Waals surface area (Å²) in [6.45, 7) is 8.68. The van der Waals surface area contributed by atoms with E-state index >= 15 is 0 Å². The van der Waals surface area contributed by atoms with Gasteiger partial charge in [0.15, 0.2) is 0 Å². The first-order valence-corrected chi connectivity index (χ1v) is 8.48. The normalized spacial score (nSPS) is 11.0. The molecule has 17 heavy (non-hydrogen) atoms. The first-order valence-electron chi connectivity index (χ1n) is 6.51. The minimum absolute atomic E-state index is 0.988. The first-order chi connectivity index (χ1) is 8.27. The van der Waals surface area contributed by atoms with Crippen LogP contribution in [0.25, 0.3) is 0 Å². The number of rotatable bonds is 9. The van der Waals surface area contributed by atoms with Crippen LogP contribution in [0.5, 0.6) is 0 Å². The summed E-state index contributed by atoms with van der Waals surface area (Å²) in [6, 6.07) is 0. The quantitative estimate of drug-likeness (QED) is 0.688. The number of nitrogens with zero attached hydrogens (tertiary/aromatic N) is 1. The molecule has 0 amide bonds. The molecule has 0 saturated carbocycles. The summed E-state index contributed by atoms with van der Waals surface area (Å²) in [7, 11) is 0. The Morgan fingerprint density at radius 2 is 2.12 bits per heavy atom. The zero-order chi connectivity index (χ0) is 12.5. The molecule has 1 heterocycles. The predicted molar refractivity (Wildman–Crippen MR) is 79.9 cm³/mol. The molecule has 0 saturated heterocycles. The molecule has 0 fully saturated rings.